The molecule has 28 heavy (non-hydrogen) atoms. The van der Waals surface area contributed by atoms with Gasteiger partial charge in [0, 0.05) is 36.2 Å². The van der Waals surface area contributed by atoms with Gasteiger partial charge in [0.25, 0.3) is 0 Å². The highest BCUT2D eigenvalue weighted by molar-refractivity contribution is 7.98. The normalized spacial score (nSPS) is 17.4. The monoisotopic (exact) mass is 416 g/mol. The lowest BCUT2D eigenvalue weighted by Crippen LogP contribution is -2.43. The zero-order valence-corrected chi connectivity index (χ0v) is 18.1. The van der Waals surface area contributed by atoms with Crippen molar-refractivity contribution < 1.29 is 4.79 Å². The van der Waals surface area contributed by atoms with Gasteiger partial charge < -0.3 is 5.32 Å². The van der Waals surface area contributed by atoms with Gasteiger partial charge in [0.05, 0.1) is 5.92 Å². The maximum atomic E-state index is 12.6. The van der Waals surface area contributed by atoms with Gasteiger partial charge in [0.2, 0.25) is 5.91 Å². The summed E-state index contributed by atoms with van der Waals surface area (Å²) < 4.78 is 0. The standard InChI is InChI=1S/C23H29ClN2OS/c1-18-5-2-7-20(13-18)17-28-12-10-25-23(27)21-8-4-11-26(16-21)15-19-6-3-9-22(24)14-19/h2-3,5-7,9,13-14,21H,4,8,10-12,15-17H2,1H3,(H,25,27). The summed E-state index contributed by atoms with van der Waals surface area (Å²) in [5.41, 5.74) is 3.85. The Morgan fingerprint density at radius 2 is 2.04 bits per heavy atom. The average molecular weight is 417 g/mol. The lowest BCUT2D eigenvalue weighted by atomic mass is 9.96. The van der Waals surface area contributed by atoms with E-state index in [0.29, 0.717) is 0 Å². The lowest BCUT2D eigenvalue weighted by molar-refractivity contribution is -0.126. The number of piperidine rings is 1. The van der Waals surface area contributed by atoms with Crippen LogP contribution in [0.3, 0.4) is 0 Å². The molecule has 1 aliphatic heterocycles. The molecule has 3 rings (SSSR count). The second-order valence-electron chi connectivity index (χ2n) is 7.54. The van der Waals surface area contributed by atoms with Crippen molar-refractivity contribution in [2.75, 3.05) is 25.4 Å². The fourth-order valence-electron chi connectivity index (χ4n) is 3.69. The number of amides is 1. The van der Waals surface area contributed by atoms with E-state index in [9.17, 15) is 4.79 Å². The minimum atomic E-state index is 0.0923. The van der Waals surface area contributed by atoms with Crippen molar-refractivity contribution in [1.82, 2.24) is 10.2 Å². The lowest BCUT2D eigenvalue weighted by Gasteiger charge is -2.32. The summed E-state index contributed by atoms with van der Waals surface area (Å²) in [6.07, 6.45) is 2.05. The van der Waals surface area contributed by atoms with Gasteiger partial charge in [-0.05, 0) is 49.6 Å². The first-order valence-corrected chi connectivity index (χ1v) is 11.5. The third-order valence-corrected chi connectivity index (χ3v) is 6.33. The summed E-state index contributed by atoms with van der Waals surface area (Å²) in [6.45, 7) is 5.59. The highest BCUT2D eigenvalue weighted by Gasteiger charge is 2.25. The number of hydrogen-bond donors (Lipinski definition) is 1. The van der Waals surface area contributed by atoms with Crippen molar-refractivity contribution in [1.29, 1.82) is 0 Å². The van der Waals surface area contributed by atoms with Crippen LogP contribution in [0.1, 0.15) is 29.5 Å². The number of nitrogens with zero attached hydrogens (tertiary/aromatic N) is 1. The van der Waals surface area contributed by atoms with Crippen molar-refractivity contribution in [2.24, 2.45) is 5.92 Å². The summed E-state index contributed by atoms with van der Waals surface area (Å²) in [5.74, 6) is 2.23. The summed E-state index contributed by atoms with van der Waals surface area (Å²) in [4.78, 5) is 14.9. The topological polar surface area (TPSA) is 32.3 Å². The fourth-order valence-corrected chi connectivity index (χ4v) is 4.71. The van der Waals surface area contributed by atoms with Crippen LogP contribution in [0.2, 0.25) is 5.02 Å². The summed E-state index contributed by atoms with van der Waals surface area (Å²) in [5, 5.41) is 3.91. The van der Waals surface area contributed by atoms with Gasteiger partial charge in [-0.15, -0.1) is 0 Å². The Balaban J connectivity index is 1.36. The van der Waals surface area contributed by atoms with Crippen LogP contribution >= 0.6 is 23.4 Å². The van der Waals surface area contributed by atoms with Gasteiger partial charge in [0.1, 0.15) is 0 Å². The summed E-state index contributed by atoms with van der Waals surface area (Å²) in [7, 11) is 0. The summed E-state index contributed by atoms with van der Waals surface area (Å²) >= 11 is 7.96. The van der Waals surface area contributed by atoms with E-state index in [0.717, 1.165) is 55.5 Å². The first-order valence-electron chi connectivity index (χ1n) is 9.98. The van der Waals surface area contributed by atoms with Crippen LogP contribution < -0.4 is 5.32 Å². The minimum absolute atomic E-state index is 0.0923. The van der Waals surface area contributed by atoms with Crippen LogP contribution in [0.5, 0.6) is 0 Å². The van der Waals surface area contributed by atoms with E-state index in [2.05, 4.69) is 47.5 Å². The van der Waals surface area contributed by atoms with E-state index < -0.39 is 0 Å². The van der Waals surface area contributed by atoms with Crippen LogP contribution in [0.15, 0.2) is 48.5 Å². The SMILES string of the molecule is Cc1cccc(CSCCNC(=O)C2CCCN(Cc3cccc(Cl)c3)C2)c1. The molecule has 1 atom stereocenters. The molecule has 1 unspecified atom stereocenters. The predicted molar refractivity (Wildman–Crippen MR) is 120 cm³/mol. The van der Waals surface area contributed by atoms with Crippen molar-refractivity contribution >= 4 is 29.3 Å². The first kappa shape index (κ1) is 21.2. The predicted octanol–water partition coefficient (Wildman–Crippen LogP) is 4.91. The fraction of sp³-hybridized carbons (Fsp3) is 0.435. The van der Waals surface area contributed by atoms with Crippen molar-refractivity contribution in [3.05, 3.63) is 70.2 Å². The number of carbonyl (C=O) groups is 1. The molecule has 0 aromatic heterocycles. The molecule has 0 bridgehead atoms. The van der Waals surface area contributed by atoms with Crippen LogP contribution in [-0.2, 0) is 17.1 Å². The second kappa shape index (κ2) is 10.9. The Morgan fingerprint density at radius 1 is 1.21 bits per heavy atom. The van der Waals surface area contributed by atoms with Crippen LogP contribution in [-0.4, -0.2) is 36.2 Å². The molecule has 2 aromatic carbocycles. The Kier molecular flexibility index (Phi) is 8.26. The van der Waals surface area contributed by atoms with Gasteiger partial charge >= 0.3 is 0 Å². The molecule has 0 radical (unpaired) electrons. The van der Waals surface area contributed by atoms with Gasteiger partial charge in [0.15, 0.2) is 0 Å². The Labute approximate surface area is 177 Å². The van der Waals surface area contributed by atoms with Gasteiger partial charge in [-0.2, -0.15) is 11.8 Å². The van der Waals surface area contributed by atoms with E-state index in [-0.39, 0.29) is 11.8 Å². The second-order valence-corrected chi connectivity index (χ2v) is 9.08. The highest BCUT2D eigenvalue weighted by atomic mass is 35.5. The van der Waals surface area contributed by atoms with Crippen LogP contribution in [0.4, 0.5) is 0 Å². The van der Waals surface area contributed by atoms with Gasteiger partial charge in [-0.25, -0.2) is 0 Å². The molecule has 2 aromatic rings. The molecule has 1 heterocycles. The molecule has 1 aliphatic rings. The Morgan fingerprint density at radius 3 is 2.86 bits per heavy atom. The number of benzene rings is 2. The molecule has 0 aliphatic carbocycles. The highest BCUT2D eigenvalue weighted by Crippen LogP contribution is 2.20. The zero-order chi connectivity index (χ0) is 19.8. The van der Waals surface area contributed by atoms with E-state index in [1.165, 1.54) is 16.7 Å². The molecule has 1 fully saturated rings. The molecule has 0 saturated carbocycles. The quantitative estimate of drug-likeness (QED) is 0.620. The maximum Gasteiger partial charge on any atom is 0.224 e. The van der Waals surface area contributed by atoms with Crippen molar-refractivity contribution in [2.45, 2.75) is 32.1 Å². The largest absolute Gasteiger partial charge is 0.355 e. The third kappa shape index (κ3) is 6.84. The molecule has 3 nitrogen and oxygen atoms in total. The smallest absolute Gasteiger partial charge is 0.224 e. The van der Waals surface area contributed by atoms with E-state index >= 15 is 0 Å². The molecule has 1 amide bonds. The minimum Gasteiger partial charge on any atom is -0.355 e. The molecule has 0 spiro atoms. The Hall–Kier alpha value is -1.49. The maximum absolute atomic E-state index is 12.6. The molecule has 1 N–H and O–H groups in total. The molecular formula is C23H29ClN2OS. The van der Waals surface area contributed by atoms with E-state index in [1.54, 1.807) is 0 Å². The zero-order valence-electron chi connectivity index (χ0n) is 16.5. The molecule has 5 heteroatoms. The number of likely N-dealkylation sites (tertiary alicyclic amines) is 1. The number of thioether (sulfide) groups is 1. The number of hydrogen-bond acceptors (Lipinski definition) is 3. The molecule has 150 valence electrons. The number of carbonyl (C=O) groups excluding carboxylic acids is 1. The van der Waals surface area contributed by atoms with Gasteiger partial charge in [-0.1, -0.05) is 53.6 Å². The summed E-state index contributed by atoms with van der Waals surface area (Å²) in [6, 6.07) is 16.6. The van der Waals surface area contributed by atoms with E-state index in [4.69, 9.17) is 11.6 Å². The number of halogens is 1. The van der Waals surface area contributed by atoms with Gasteiger partial charge in [-0.3, -0.25) is 9.69 Å². The number of rotatable bonds is 8. The number of nitrogens with one attached hydrogen (secondary N) is 1. The van der Waals surface area contributed by atoms with Crippen molar-refractivity contribution in [3.8, 4) is 0 Å². The first-order chi connectivity index (χ1) is 13.6. The average Bonchev–Trinajstić information content (AvgIpc) is 2.68. The Bertz CT molecular complexity index is 783. The molecular weight excluding hydrogens is 388 g/mol. The molecule has 1 saturated heterocycles. The number of aryl methyl sites for hydroxylation is 1. The van der Waals surface area contributed by atoms with Crippen molar-refractivity contribution in [3.63, 3.8) is 0 Å². The van der Waals surface area contributed by atoms with E-state index in [1.807, 2.05) is 30.0 Å². The third-order valence-electron chi connectivity index (χ3n) is 5.07. The van der Waals surface area contributed by atoms with Crippen LogP contribution in [0, 0.1) is 12.8 Å². The van der Waals surface area contributed by atoms with Crippen LogP contribution in [0.25, 0.3) is 0 Å².